The molecular formula is C17H18N2O5. The molecule has 7 heteroatoms. The van der Waals surface area contributed by atoms with E-state index in [4.69, 9.17) is 14.2 Å². The number of hydrogen-bond donors (Lipinski definition) is 0. The summed E-state index contributed by atoms with van der Waals surface area (Å²) in [5.41, 5.74) is 2.88. The molecule has 1 aliphatic heterocycles. The van der Waals surface area contributed by atoms with Crippen molar-refractivity contribution >= 4 is 17.6 Å². The van der Waals surface area contributed by atoms with Gasteiger partial charge in [0.15, 0.2) is 0 Å². The van der Waals surface area contributed by atoms with E-state index in [1.165, 1.54) is 19.1 Å². The predicted molar refractivity (Wildman–Crippen MR) is 85.0 cm³/mol. The predicted octanol–water partition coefficient (Wildman–Crippen LogP) is 1.57. The van der Waals surface area contributed by atoms with Crippen molar-refractivity contribution in [1.29, 1.82) is 5.26 Å². The van der Waals surface area contributed by atoms with Crippen LogP contribution in [0.25, 0.3) is 0 Å². The molecule has 1 heterocycles. The molecule has 0 atom stereocenters. The number of methoxy groups -OCH3 is 2. The normalized spacial score (nSPS) is 14.2. The molecule has 0 aliphatic carbocycles. The lowest BCUT2D eigenvalue weighted by atomic mass is 10.0. The lowest BCUT2D eigenvalue weighted by molar-refractivity contribution is -0.140. The number of esters is 2. The third-order valence-corrected chi connectivity index (χ3v) is 3.79. The van der Waals surface area contributed by atoms with Gasteiger partial charge in [0.2, 0.25) is 0 Å². The van der Waals surface area contributed by atoms with Gasteiger partial charge in [-0.1, -0.05) is 6.07 Å². The number of benzene rings is 1. The Balaban J connectivity index is 2.66. The van der Waals surface area contributed by atoms with Gasteiger partial charge in [-0.05, 0) is 31.0 Å². The van der Waals surface area contributed by atoms with Crippen molar-refractivity contribution in [2.24, 2.45) is 0 Å². The zero-order valence-corrected chi connectivity index (χ0v) is 14.0. The molecule has 1 aromatic carbocycles. The Bertz CT molecular complexity index is 761. The second kappa shape index (κ2) is 7.15. The molecule has 1 aromatic rings. The smallest absolute Gasteiger partial charge is 0.355 e. The Morgan fingerprint density at radius 2 is 1.83 bits per heavy atom. The van der Waals surface area contributed by atoms with Gasteiger partial charge in [0, 0.05) is 5.69 Å². The van der Waals surface area contributed by atoms with Crippen LogP contribution < -0.4 is 4.90 Å². The number of anilines is 1. The van der Waals surface area contributed by atoms with E-state index >= 15 is 0 Å². The van der Waals surface area contributed by atoms with E-state index < -0.39 is 11.9 Å². The van der Waals surface area contributed by atoms with Crippen molar-refractivity contribution in [2.75, 3.05) is 32.5 Å². The van der Waals surface area contributed by atoms with Crippen LogP contribution in [0.1, 0.15) is 16.7 Å². The van der Waals surface area contributed by atoms with Crippen LogP contribution in [0.3, 0.4) is 0 Å². The zero-order valence-electron chi connectivity index (χ0n) is 14.0. The first-order valence-corrected chi connectivity index (χ1v) is 7.21. The average molecular weight is 330 g/mol. The van der Waals surface area contributed by atoms with Gasteiger partial charge in [0.25, 0.3) is 0 Å². The Hall–Kier alpha value is -2.85. The standard InChI is InChI=1S/C17H18N2O5/c1-10-5-11(2)14(6-12(10)7-18)19-9-24-8-13(16(20)22-3)15(19)17(21)23-4/h5-6H,8-9H2,1-4H3. The number of ether oxygens (including phenoxy) is 3. The Kier molecular flexibility index (Phi) is 5.21. The van der Waals surface area contributed by atoms with Crippen molar-refractivity contribution in [3.63, 3.8) is 0 Å². The van der Waals surface area contributed by atoms with E-state index in [0.29, 0.717) is 11.3 Å². The molecule has 0 unspecified atom stereocenters. The highest BCUT2D eigenvalue weighted by atomic mass is 16.5. The summed E-state index contributed by atoms with van der Waals surface area (Å²) in [6.45, 7) is 3.69. The van der Waals surface area contributed by atoms with E-state index in [1.807, 2.05) is 19.9 Å². The van der Waals surface area contributed by atoms with Crippen LogP contribution in [0.15, 0.2) is 23.4 Å². The van der Waals surface area contributed by atoms with Gasteiger partial charge in [-0.2, -0.15) is 5.26 Å². The molecule has 0 fully saturated rings. The summed E-state index contributed by atoms with van der Waals surface area (Å²) >= 11 is 0. The maximum absolute atomic E-state index is 12.3. The number of aryl methyl sites for hydroxylation is 2. The lowest BCUT2D eigenvalue weighted by Crippen LogP contribution is -2.39. The number of hydrogen-bond acceptors (Lipinski definition) is 7. The van der Waals surface area contributed by atoms with Gasteiger partial charge in [-0.3, -0.25) is 0 Å². The highest BCUT2D eigenvalue weighted by Gasteiger charge is 2.33. The van der Waals surface area contributed by atoms with Gasteiger partial charge < -0.3 is 19.1 Å². The highest BCUT2D eigenvalue weighted by molar-refractivity contribution is 6.03. The summed E-state index contributed by atoms with van der Waals surface area (Å²) in [4.78, 5) is 25.8. The maximum Gasteiger partial charge on any atom is 0.355 e. The fourth-order valence-corrected chi connectivity index (χ4v) is 2.59. The van der Waals surface area contributed by atoms with E-state index in [1.54, 1.807) is 6.07 Å². The molecule has 1 aliphatic rings. The largest absolute Gasteiger partial charge is 0.466 e. The molecule has 7 nitrogen and oxygen atoms in total. The monoisotopic (exact) mass is 330 g/mol. The van der Waals surface area contributed by atoms with E-state index in [-0.39, 0.29) is 24.6 Å². The Labute approximate surface area is 140 Å². The van der Waals surface area contributed by atoms with Crippen LogP contribution in [-0.2, 0) is 23.8 Å². The minimum absolute atomic E-state index is 0.0520. The molecule has 0 saturated carbocycles. The Morgan fingerprint density at radius 3 is 2.42 bits per heavy atom. The van der Waals surface area contributed by atoms with Crippen LogP contribution in [0.2, 0.25) is 0 Å². The highest BCUT2D eigenvalue weighted by Crippen LogP contribution is 2.31. The first kappa shape index (κ1) is 17.5. The van der Waals surface area contributed by atoms with Crippen molar-refractivity contribution in [3.05, 3.63) is 40.1 Å². The molecule has 0 amide bonds. The van der Waals surface area contributed by atoms with Crippen LogP contribution in [-0.4, -0.2) is 39.5 Å². The first-order valence-electron chi connectivity index (χ1n) is 7.21. The molecule has 0 radical (unpaired) electrons. The molecule has 24 heavy (non-hydrogen) atoms. The maximum atomic E-state index is 12.3. The summed E-state index contributed by atoms with van der Waals surface area (Å²) < 4.78 is 15.0. The number of carbonyl (C=O) groups is 2. The third kappa shape index (κ3) is 3.09. The molecular weight excluding hydrogens is 312 g/mol. The van der Waals surface area contributed by atoms with Crippen molar-refractivity contribution in [1.82, 2.24) is 0 Å². The molecule has 2 rings (SSSR count). The third-order valence-electron chi connectivity index (χ3n) is 3.79. The minimum atomic E-state index is -0.669. The van der Waals surface area contributed by atoms with Gasteiger partial charge in [-0.15, -0.1) is 0 Å². The van der Waals surface area contributed by atoms with Gasteiger partial charge in [0.05, 0.1) is 38.0 Å². The summed E-state index contributed by atoms with van der Waals surface area (Å²) in [6, 6.07) is 5.62. The van der Waals surface area contributed by atoms with Gasteiger partial charge >= 0.3 is 11.9 Å². The molecule has 0 bridgehead atoms. The number of rotatable bonds is 3. The fraction of sp³-hybridized carbons (Fsp3) is 0.353. The molecule has 0 N–H and O–H groups in total. The molecule has 126 valence electrons. The van der Waals surface area contributed by atoms with Crippen molar-refractivity contribution in [3.8, 4) is 6.07 Å². The molecule has 0 saturated heterocycles. The summed E-state index contributed by atoms with van der Waals surface area (Å²) in [5, 5.41) is 9.25. The summed E-state index contributed by atoms with van der Waals surface area (Å²) in [6.07, 6.45) is 0. The lowest BCUT2D eigenvalue weighted by Gasteiger charge is -2.32. The van der Waals surface area contributed by atoms with E-state index in [2.05, 4.69) is 6.07 Å². The minimum Gasteiger partial charge on any atom is -0.466 e. The molecule has 0 aromatic heterocycles. The van der Waals surface area contributed by atoms with Gasteiger partial charge in [-0.25, -0.2) is 9.59 Å². The van der Waals surface area contributed by atoms with E-state index in [0.717, 1.165) is 11.1 Å². The van der Waals surface area contributed by atoms with E-state index in [9.17, 15) is 14.9 Å². The Morgan fingerprint density at radius 1 is 1.17 bits per heavy atom. The molecule has 0 spiro atoms. The van der Waals surface area contributed by atoms with Gasteiger partial charge in [0.1, 0.15) is 12.4 Å². The van der Waals surface area contributed by atoms with Crippen molar-refractivity contribution < 1.29 is 23.8 Å². The second-order valence-electron chi connectivity index (χ2n) is 5.28. The number of nitrogens with zero attached hydrogens (tertiary/aromatic N) is 2. The summed E-state index contributed by atoms with van der Waals surface area (Å²) in [5.74, 6) is -1.33. The number of carbonyl (C=O) groups excluding carboxylic acids is 2. The first-order chi connectivity index (χ1) is 11.4. The van der Waals surface area contributed by atoms with Crippen molar-refractivity contribution in [2.45, 2.75) is 13.8 Å². The second-order valence-corrected chi connectivity index (χ2v) is 5.28. The fourth-order valence-electron chi connectivity index (χ4n) is 2.59. The summed E-state index contributed by atoms with van der Waals surface area (Å²) in [7, 11) is 2.47. The van der Waals surface area contributed by atoms with Crippen LogP contribution in [0.4, 0.5) is 5.69 Å². The topological polar surface area (TPSA) is 88.9 Å². The van der Waals surface area contributed by atoms with Crippen LogP contribution in [0, 0.1) is 25.2 Å². The van der Waals surface area contributed by atoms with Crippen LogP contribution >= 0.6 is 0 Å². The van der Waals surface area contributed by atoms with Crippen LogP contribution in [0.5, 0.6) is 0 Å². The number of nitriles is 1. The SMILES string of the molecule is COC(=O)C1=C(C(=O)OC)N(c2cc(C#N)c(C)cc2C)COC1. The quantitative estimate of drug-likeness (QED) is 0.777. The zero-order chi connectivity index (χ0) is 17.9. The average Bonchev–Trinajstić information content (AvgIpc) is 2.60.